The number of nitrogens with zero attached hydrogens (tertiary/aromatic N) is 1. The normalized spacial score (nSPS) is 18.0. The molecule has 2 rings (SSSR count). The van der Waals surface area contributed by atoms with E-state index in [2.05, 4.69) is 43.5 Å². The Bertz CT molecular complexity index is 551. The monoisotopic (exact) mass is 331 g/mol. The zero-order valence-corrected chi connectivity index (χ0v) is 15.0. The van der Waals surface area contributed by atoms with E-state index in [4.69, 9.17) is 0 Å². The molecule has 0 aromatic heterocycles. The van der Waals surface area contributed by atoms with Crippen LogP contribution in [0.15, 0.2) is 30.3 Å². The van der Waals surface area contributed by atoms with Crippen LogP contribution >= 0.6 is 0 Å². The van der Waals surface area contributed by atoms with Crippen molar-refractivity contribution in [2.75, 3.05) is 26.2 Å². The predicted molar refractivity (Wildman–Crippen MR) is 95.6 cm³/mol. The number of amides is 2. The molecule has 1 aliphatic heterocycles. The first-order valence-electron chi connectivity index (χ1n) is 8.69. The number of nitrogens with one attached hydrogen (secondary N) is 2. The van der Waals surface area contributed by atoms with Crippen LogP contribution in [0.2, 0.25) is 0 Å². The van der Waals surface area contributed by atoms with Gasteiger partial charge in [0.2, 0.25) is 11.8 Å². The number of likely N-dealkylation sites (tertiary alicyclic amines) is 1. The molecule has 0 bridgehead atoms. The molecule has 0 radical (unpaired) electrons. The predicted octanol–water partition coefficient (Wildman–Crippen LogP) is 1.58. The summed E-state index contributed by atoms with van der Waals surface area (Å²) in [7, 11) is 0. The van der Waals surface area contributed by atoms with Gasteiger partial charge < -0.3 is 15.5 Å². The lowest BCUT2D eigenvalue weighted by Crippen LogP contribution is -2.42. The summed E-state index contributed by atoms with van der Waals surface area (Å²) in [5.74, 6) is -0.150. The molecule has 5 heteroatoms. The average Bonchev–Trinajstić information content (AvgIpc) is 2.90. The Morgan fingerprint density at radius 3 is 2.58 bits per heavy atom. The molecule has 1 heterocycles. The molecule has 0 aliphatic carbocycles. The fraction of sp³-hybridized carbons (Fsp3) is 0.579. The van der Waals surface area contributed by atoms with Crippen LogP contribution in [-0.2, 0) is 16.0 Å². The molecule has 1 aromatic rings. The van der Waals surface area contributed by atoms with Crippen LogP contribution < -0.4 is 10.6 Å². The van der Waals surface area contributed by atoms with Crippen molar-refractivity contribution in [3.8, 4) is 0 Å². The molecule has 5 nitrogen and oxygen atoms in total. The Kier molecular flexibility index (Phi) is 6.37. The van der Waals surface area contributed by atoms with Crippen LogP contribution in [0.25, 0.3) is 0 Å². The van der Waals surface area contributed by atoms with Gasteiger partial charge in [-0.3, -0.25) is 9.59 Å². The molecule has 0 saturated carbocycles. The van der Waals surface area contributed by atoms with Crippen LogP contribution in [0.5, 0.6) is 0 Å². The Labute approximate surface area is 144 Å². The first kappa shape index (κ1) is 18.5. The summed E-state index contributed by atoms with van der Waals surface area (Å²) in [5.41, 5.74) is 1.26. The van der Waals surface area contributed by atoms with Crippen molar-refractivity contribution in [2.24, 2.45) is 5.92 Å². The van der Waals surface area contributed by atoms with Crippen molar-refractivity contribution in [2.45, 2.75) is 39.2 Å². The van der Waals surface area contributed by atoms with Gasteiger partial charge in [0, 0.05) is 38.1 Å². The zero-order chi connectivity index (χ0) is 17.6. The molecule has 1 atom stereocenters. The molecule has 2 N–H and O–H groups in total. The van der Waals surface area contributed by atoms with Gasteiger partial charge in [0.15, 0.2) is 0 Å². The van der Waals surface area contributed by atoms with Crippen molar-refractivity contribution in [3.63, 3.8) is 0 Å². The van der Waals surface area contributed by atoms with E-state index in [-0.39, 0.29) is 23.3 Å². The smallest absolute Gasteiger partial charge is 0.225 e. The van der Waals surface area contributed by atoms with Gasteiger partial charge >= 0.3 is 0 Å². The highest BCUT2D eigenvalue weighted by molar-refractivity contribution is 5.89. The number of hydrogen-bond acceptors (Lipinski definition) is 3. The molecule has 1 aromatic carbocycles. The molecule has 0 unspecified atom stereocenters. The minimum absolute atomic E-state index is 0.0127. The van der Waals surface area contributed by atoms with E-state index >= 15 is 0 Å². The van der Waals surface area contributed by atoms with Crippen molar-refractivity contribution in [3.05, 3.63) is 35.9 Å². The maximum absolute atomic E-state index is 12.2. The molecule has 1 saturated heterocycles. The van der Waals surface area contributed by atoms with Crippen LogP contribution in [0, 0.1) is 5.92 Å². The van der Waals surface area contributed by atoms with Gasteiger partial charge in [0.25, 0.3) is 0 Å². The van der Waals surface area contributed by atoms with E-state index in [9.17, 15) is 9.59 Å². The van der Waals surface area contributed by atoms with Crippen molar-refractivity contribution in [1.82, 2.24) is 15.5 Å². The average molecular weight is 331 g/mol. The minimum Gasteiger partial charge on any atom is -0.355 e. The summed E-state index contributed by atoms with van der Waals surface area (Å²) >= 11 is 0. The highest BCUT2D eigenvalue weighted by atomic mass is 16.2. The Morgan fingerprint density at radius 1 is 1.21 bits per heavy atom. The van der Waals surface area contributed by atoms with E-state index in [0.29, 0.717) is 26.1 Å². The molecule has 1 fully saturated rings. The molecule has 1 aliphatic rings. The van der Waals surface area contributed by atoms with Gasteiger partial charge in [-0.15, -0.1) is 0 Å². The van der Waals surface area contributed by atoms with Crippen molar-refractivity contribution >= 4 is 11.8 Å². The van der Waals surface area contributed by atoms with Crippen LogP contribution in [0.4, 0.5) is 0 Å². The fourth-order valence-electron chi connectivity index (χ4n) is 2.84. The number of benzene rings is 1. The zero-order valence-electron chi connectivity index (χ0n) is 15.0. The Morgan fingerprint density at radius 2 is 1.92 bits per heavy atom. The minimum atomic E-state index is -0.220. The second kappa shape index (κ2) is 8.29. The Balaban J connectivity index is 1.72. The summed E-state index contributed by atoms with van der Waals surface area (Å²) in [6.45, 7) is 8.81. The van der Waals surface area contributed by atoms with E-state index in [0.717, 1.165) is 13.0 Å². The second-order valence-electron chi connectivity index (χ2n) is 7.44. The van der Waals surface area contributed by atoms with Gasteiger partial charge in [-0.1, -0.05) is 30.3 Å². The lowest BCUT2D eigenvalue weighted by molar-refractivity contribution is -0.129. The Hall–Kier alpha value is -1.88. The van der Waals surface area contributed by atoms with Gasteiger partial charge in [-0.25, -0.2) is 0 Å². The maximum Gasteiger partial charge on any atom is 0.225 e. The third-order valence-corrected chi connectivity index (χ3v) is 4.18. The molecular weight excluding hydrogens is 302 g/mol. The fourth-order valence-corrected chi connectivity index (χ4v) is 2.84. The quantitative estimate of drug-likeness (QED) is 0.746. The third-order valence-electron chi connectivity index (χ3n) is 4.18. The molecule has 132 valence electrons. The summed E-state index contributed by atoms with van der Waals surface area (Å²) in [6, 6.07) is 10.1. The first-order chi connectivity index (χ1) is 11.3. The van der Waals surface area contributed by atoms with Gasteiger partial charge in [-0.2, -0.15) is 0 Å². The van der Waals surface area contributed by atoms with E-state index in [1.807, 2.05) is 23.1 Å². The molecule has 0 spiro atoms. The lowest BCUT2D eigenvalue weighted by atomic mass is 10.1. The van der Waals surface area contributed by atoms with Gasteiger partial charge in [-0.05, 0) is 32.8 Å². The standard InChI is InChI=1S/C19H29N3O2/c1-19(2,3)21-11-10-20-18(24)16-13-17(23)22(14-16)12-9-15-7-5-4-6-8-15/h4-8,16,21H,9-14H2,1-3H3,(H,20,24)/t16-/m0/s1. The number of carbonyl (C=O) groups excluding carboxylic acids is 2. The van der Waals surface area contributed by atoms with Crippen LogP contribution in [0.3, 0.4) is 0 Å². The second-order valence-corrected chi connectivity index (χ2v) is 7.44. The molecular formula is C19H29N3O2. The largest absolute Gasteiger partial charge is 0.355 e. The number of rotatable bonds is 7. The van der Waals surface area contributed by atoms with Gasteiger partial charge in [0.05, 0.1) is 5.92 Å². The SMILES string of the molecule is CC(C)(C)NCCNC(=O)[C@H]1CC(=O)N(CCc2ccccc2)C1. The third kappa shape index (κ3) is 5.96. The molecule has 24 heavy (non-hydrogen) atoms. The van der Waals surface area contributed by atoms with E-state index < -0.39 is 0 Å². The van der Waals surface area contributed by atoms with E-state index in [1.165, 1.54) is 5.56 Å². The van der Waals surface area contributed by atoms with Crippen molar-refractivity contribution < 1.29 is 9.59 Å². The summed E-state index contributed by atoms with van der Waals surface area (Å²) in [6.07, 6.45) is 1.16. The van der Waals surface area contributed by atoms with E-state index in [1.54, 1.807) is 0 Å². The van der Waals surface area contributed by atoms with Crippen LogP contribution in [0.1, 0.15) is 32.8 Å². The first-order valence-corrected chi connectivity index (χ1v) is 8.69. The highest BCUT2D eigenvalue weighted by Gasteiger charge is 2.33. The number of hydrogen-bond donors (Lipinski definition) is 2. The molecule has 2 amide bonds. The topological polar surface area (TPSA) is 61.4 Å². The van der Waals surface area contributed by atoms with Gasteiger partial charge in [0.1, 0.15) is 0 Å². The number of carbonyl (C=O) groups is 2. The summed E-state index contributed by atoms with van der Waals surface area (Å²) in [4.78, 5) is 26.1. The maximum atomic E-state index is 12.2. The summed E-state index contributed by atoms with van der Waals surface area (Å²) < 4.78 is 0. The highest BCUT2D eigenvalue weighted by Crippen LogP contribution is 2.18. The van der Waals surface area contributed by atoms with Crippen LogP contribution in [-0.4, -0.2) is 48.4 Å². The summed E-state index contributed by atoms with van der Waals surface area (Å²) in [5, 5.41) is 6.26. The lowest BCUT2D eigenvalue weighted by Gasteiger charge is -2.21. The van der Waals surface area contributed by atoms with Crippen molar-refractivity contribution in [1.29, 1.82) is 0 Å².